The molecule has 1 aromatic heterocycles. The van der Waals surface area contributed by atoms with Gasteiger partial charge in [0.2, 0.25) is 5.82 Å². The SMILES string of the molecule is CC(C)(C)OC(=O)N1CCC(=O)C1.CC(C)(C)OC(=O)N1CCC(O)(Cn2nnc(-c3ccccc3Cc3ccc(C(F)(F)F)cc3)n2)C1.CC(C)(C)OC(=O)N1CCC2(CO2)C1.N=C(N)c1ccccc1Cc1ccc(C(F)(F)F)cc1.NN. The number of hydrazine groups is 1. The summed E-state index contributed by atoms with van der Waals surface area (Å²) >= 11 is 0. The van der Waals surface area contributed by atoms with E-state index in [4.69, 9.17) is 30.1 Å². The summed E-state index contributed by atoms with van der Waals surface area (Å²) in [7, 11) is 0. The molecule has 1 spiro atoms. The van der Waals surface area contributed by atoms with Gasteiger partial charge in [-0.3, -0.25) is 21.9 Å². The number of likely N-dealkylation sites (tertiary alicyclic amines) is 3. The van der Waals surface area contributed by atoms with Crippen molar-refractivity contribution in [2.45, 2.75) is 141 Å². The molecule has 4 aromatic carbocycles. The number of β-amino-alcohol motifs (C(OH)–C–C–N with tert-alkyl or cyclic N) is 1. The van der Waals surface area contributed by atoms with E-state index in [1.54, 1.807) is 37.8 Å². The highest BCUT2D eigenvalue weighted by Gasteiger charge is 2.52. The van der Waals surface area contributed by atoms with E-state index < -0.39 is 58.1 Å². The zero-order valence-electron chi connectivity index (χ0n) is 49.3. The molecule has 2 atom stereocenters. The Kier molecular flexibility index (Phi) is 22.4. The third kappa shape index (κ3) is 21.7. The summed E-state index contributed by atoms with van der Waals surface area (Å²) in [4.78, 5) is 52.1. The van der Waals surface area contributed by atoms with Crippen molar-refractivity contribution in [3.63, 3.8) is 0 Å². The molecule has 8 N–H and O–H groups in total. The summed E-state index contributed by atoms with van der Waals surface area (Å²) in [6, 6.07) is 24.5. The Balaban J connectivity index is 0.000000226. The maximum absolute atomic E-state index is 12.9. The van der Waals surface area contributed by atoms with Gasteiger partial charge in [-0.15, -0.1) is 10.2 Å². The molecule has 464 valence electrons. The average Bonchev–Trinajstić information content (AvgIpc) is 2.01. The second-order valence-electron chi connectivity index (χ2n) is 23.8. The number of rotatable bonds is 8. The number of tetrazole rings is 1. The number of aliphatic hydroxyl groups is 1. The van der Waals surface area contributed by atoms with Crippen molar-refractivity contribution in [1.82, 2.24) is 34.9 Å². The number of epoxide rings is 1. The summed E-state index contributed by atoms with van der Waals surface area (Å²) in [5.74, 6) is 8.39. The second kappa shape index (κ2) is 28.0. The van der Waals surface area contributed by atoms with Gasteiger partial charge in [-0.05, 0) is 140 Å². The van der Waals surface area contributed by atoms with Gasteiger partial charge in [0.1, 0.15) is 33.8 Å². The molecule has 4 fully saturated rings. The molecular weight excluding hydrogens is 1120 g/mol. The third-order valence-corrected chi connectivity index (χ3v) is 13.0. The number of hydrogen-bond acceptors (Lipinski definition) is 15. The number of hydrogen-bond donors (Lipinski definition) is 5. The summed E-state index contributed by atoms with van der Waals surface area (Å²) in [5.41, 5.74) is 5.77. The number of halogens is 6. The Labute approximate surface area is 490 Å². The number of carbonyl (C=O) groups excluding carboxylic acids is 4. The first kappa shape index (κ1) is 68.1. The molecule has 85 heavy (non-hydrogen) atoms. The van der Waals surface area contributed by atoms with Crippen LogP contribution in [-0.4, -0.2) is 144 Å². The number of ketones is 1. The van der Waals surface area contributed by atoms with Crippen LogP contribution in [0, 0.1) is 5.41 Å². The molecule has 4 aliphatic rings. The van der Waals surface area contributed by atoms with Gasteiger partial charge in [0.15, 0.2) is 5.78 Å². The Morgan fingerprint density at radius 2 is 1.09 bits per heavy atom. The van der Waals surface area contributed by atoms with Crippen molar-refractivity contribution in [1.29, 1.82) is 5.41 Å². The maximum Gasteiger partial charge on any atom is 0.416 e. The van der Waals surface area contributed by atoms with Crippen LogP contribution in [0.2, 0.25) is 0 Å². The van der Waals surface area contributed by atoms with Crippen LogP contribution >= 0.6 is 0 Å². The fourth-order valence-electron chi connectivity index (χ4n) is 8.82. The zero-order chi connectivity index (χ0) is 63.3. The monoisotopic (exact) mass is 1200 g/mol. The molecule has 2 unspecified atom stereocenters. The standard InChI is InChI=1S/C25H28F3N5O3.C15H13F3N2.C10H17NO3.C9H15NO3.H4N2/c1-23(2,3)36-22(34)32-13-12-24(35,15-32)16-33-30-21(29-31-33)20-7-5-4-6-18(20)14-17-8-10-19(11-9-17)25(26,27)28;16-15(17,18)12-7-5-10(6-8-12)9-11-3-1-2-4-13(11)14(19)20;1-9(2,3)14-8(12)11-5-4-10(6-11)7-13-10;1-9(2,3)13-8(12)10-5-4-7(11)6-10;1-2/h4-11,35H,12-16H2,1-3H3;1-8H,9H2,(H3,19,20);4-7H2,1-3H3;4-6H2,1-3H3;1-2H2. The van der Waals surface area contributed by atoms with Gasteiger partial charge in [0, 0.05) is 37.2 Å². The van der Waals surface area contributed by atoms with Gasteiger partial charge in [-0.1, -0.05) is 72.8 Å². The van der Waals surface area contributed by atoms with Crippen molar-refractivity contribution < 1.29 is 69.6 Å². The highest BCUT2D eigenvalue weighted by Crippen LogP contribution is 2.37. The lowest BCUT2D eigenvalue weighted by Gasteiger charge is -2.26. The van der Waals surface area contributed by atoms with Crippen LogP contribution in [0.5, 0.6) is 0 Å². The Bertz CT molecular complexity index is 3060. The molecule has 5 heterocycles. The Hall–Kier alpha value is -7.68. The van der Waals surface area contributed by atoms with Gasteiger partial charge >= 0.3 is 30.6 Å². The molecule has 0 saturated carbocycles. The Morgan fingerprint density at radius 3 is 1.54 bits per heavy atom. The van der Waals surface area contributed by atoms with Crippen molar-refractivity contribution in [2.75, 3.05) is 45.9 Å². The van der Waals surface area contributed by atoms with Gasteiger partial charge in [-0.25, -0.2) is 14.4 Å². The van der Waals surface area contributed by atoms with Crippen LogP contribution in [0.1, 0.15) is 121 Å². The number of alkyl halides is 6. The van der Waals surface area contributed by atoms with Gasteiger partial charge in [0.05, 0.1) is 43.9 Å². The predicted molar refractivity (Wildman–Crippen MR) is 303 cm³/mol. The summed E-state index contributed by atoms with van der Waals surface area (Å²) in [6.07, 6.45) is -7.22. The second-order valence-corrected chi connectivity index (χ2v) is 23.8. The molecular formula is C59H77F6N11O9. The number of amides is 3. The normalized spacial score (nSPS) is 18.4. The molecule has 26 heteroatoms. The van der Waals surface area contributed by atoms with Gasteiger partial charge < -0.3 is 44.5 Å². The van der Waals surface area contributed by atoms with Crippen LogP contribution in [0.15, 0.2) is 97.1 Å². The lowest BCUT2D eigenvalue weighted by atomic mass is 9.98. The summed E-state index contributed by atoms with van der Waals surface area (Å²) in [5, 5.41) is 31.1. The van der Waals surface area contributed by atoms with Crippen LogP contribution < -0.4 is 17.4 Å². The number of aromatic nitrogens is 4. The molecule has 20 nitrogen and oxygen atoms in total. The maximum atomic E-state index is 12.9. The van der Waals surface area contributed by atoms with Crippen LogP contribution in [0.3, 0.4) is 0 Å². The van der Waals surface area contributed by atoms with E-state index >= 15 is 0 Å². The van der Waals surface area contributed by atoms with E-state index in [0.717, 1.165) is 60.5 Å². The number of nitrogens with one attached hydrogen (secondary N) is 1. The largest absolute Gasteiger partial charge is 0.444 e. The number of carbonyl (C=O) groups is 4. The number of ether oxygens (including phenoxy) is 4. The van der Waals surface area contributed by atoms with E-state index in [9.17, 15) is 50.6 Å². The molecule has 0 radical (unpaired) electrons. The number of nitrogens with two attached hydrogens (primary N) is 3. The smallest absolute Gasteiger partial charge is 0.416 e. The van der Waals surface area contributed by atoms with Crippen molar-refractivity contribution in [3.05, 3.63) is 136 Å². The minimum absolute atomic E-state index is 0.00307. The number of nitrogens with zero attached hydrogens (tertiary/aromatic N) is 7. The average molecular weight is 1200 g/mol. The quantitative estimate of drug-likeness (QED) is 0.0184. The first-order chi connectivity index (χ1) is 39.5. The van der Waals surface area contributed by atoms with Crippen molar-refractivity contribution >= 4 is 29.9 Å². The fourth-order valence-corrected chi connectivity index (χ4v) is 8.82. The predicted octanol–water partition coefficient (Wildman–Crippen LogP) is 9.31. The Morgan fingerprint density at radius 1 is 0.647 bits per heavy atom. The summed E-state index contributed by atoms with van der Waals surface area (Å²) in [6.45, 7) is 19.8. The van der Waals surface area contributed by atoms with E-state index in [2.05, 4.69) is 27.1 Å². The molecule has 4 saturated heterocycles. The fraction of sp³-hybridized carbons (Fsp3) is 0.492. The number of nitrogen functional groups attached to an aromatic ring is 1. The molecule has 0 aliphatic carbocycles. The molecule has 9 rings (SSSR count). The van der Waals surface area contributed by atoms with Crippen LogP contribution in [0.4, 0.5) is 40.7 Å². The number of Topliss-reactive ketones (excluding diaryl/α,β-unsaturated/α-hetero) is 1. The number of amidine groups is 1. The summed E-state index contributed by atoms with van der Waals surface area (Å²) < 4.78 is 97.1. The third-order valence-electron chi connectivity index (χ3n) is 13.0. The minimum atomic E-state index is -4.38. The van der Waals surface area contributed by atoms with Crippen LogP contribution in [-0.2, 0) is 55.5 Å². The van der Waals surface area contributed by atoms with Crippen molar-refractivity contribution in [2.24, 2.45) is 17.4 Å². The van der Waals surface area contributed by atoms with E-state index in [1.807, 2.05) is 77.9 Å². The zero-order valence-corrected chi connectivity index (χ0v) is 49.3. The van der Waals surface area contributed by atoms with Crippen LogP contribution in [0.25, 0.3) is 11.4 Å². The van der Waals surface area contributed by atoms with E-state index in [0.29, 0.717) is 67.8 Å². The lowest BCUT2D eigenvalue weighted by Crippen LogP contribution is -2.41. The van der Waals surface area contributed by atoms with Gasteiger partial charge in [-0.2, -0.15) is 31.1 Å². The van der Waals surface area contributed by atoms with Crippen molar-refractivity contribution in [3.8, 4) is 11.4 Å². The highest BCUT2D eigenvalue weighted by molar-refractivity contribution is 5.96. The molecule has 3 amide bonds. The molecule has 5 aromatic rings. The topological polar surface area (TPSA) is 284 Å². The first-order valence-corrected chi connectivity index (χ1v) is 27.2. The lowest BCUT2D eigenvalue weighted by molar-refractivity contribution is -0.138. The number of benzene rings is 4. The van der Waals surface area contributed by atoms with E-state index in [-0.39, 0.29) is 42.9 Å². The molecule has 4 aliphatic heterocycles. The van der Waals surface area contributed by atoms with Gasteiger partial charge in [0.25, 0.3) is 0 Å². The minimum Gasteiger partial charge on any atom is -0.444 e. The highest BCUT2D eigenvalue weighted by atomic mass is 19.4. The van der Waals surface area contributed by atoms with E-state index in [1.165, 1.54) is 38.9 Å². The first-order valence-electron chi connectivity index (χ1n) is 27.2. The molecule has 0 bridgehead atoms.